The van der Waals surface area contributed by atoms with Gasteiger partial charge < -0.3 is 14.1 Å². The summed E-state index contributed by atoms with van der Waals surface area (Å²) >= 11 is 1.22. The number of methoxy groups -OCH3 is 1. The second-order valence-corrected chi connectivity index (χ2v) is 7.94. The molecule has 7 nitrogen and oxygen atoms in total. The number of thioether (sulfide) groups is 1. The molecule has 1 aliphatic heterocycles. The van der Waals surface area contributed by atoms with Gasteiger partial charge in [0.1, 0.15) is 0 Å². The number of likely N-dealkylation sites (tertiary alicyclic amines) is 1. The number of carbonyl (C=O) groups is 2. The summed E-state index contributed by atoms with van der Waals surface area (Å²) in [6.07, 6.45) is 0.761. The molecule has 126 valence electrons. The summed E-state index contributed by atoms with van der Waals surface area (Å²) in [5.74, 6) is 0.649. The Morgan fingerprint density at radius 2 is 2.17 bits per heavy atom. The average Bonchev–Trinajstić information content (AvgIpc) is 3.06. The molecule has 1 saturated carbocycles. The molecule has 0 N–H and O–H groups in total. The largest absolute Gasteiger partial charge is 0.469 e. The summed E-state index contributed by atoms with van der Waals surface area (Å²) in [5, 5.41) is 7.99. The Hall–Kier alpha value is -1.57. The smallest absolute Gasteiger partial charge is 0.314 e. The molecule has 8 heteroatoms. The third kappa shape index (κ3) is 2.62. The molecule has 0 unspecified atom stereocenters. The molecular formula is C15H21N3O4S. The Kier molecular flexibility index (Phi) is 3.90. The summed E-state index contributed by atoms with van der Waals surface area (Å²) in [6.45, 7) is 7.03. The van der Waals surface area contributed by atoms with Crippen LogP contribution in [0.25, 0.3) is 0 Å². The Balaban J connectivity index is 1.65. The molecule has 3 rings (SSSR count). The lowest BCUT2D eigenvalue weighted by Gasteiger charge is -2.54. The van der Waals surface area contributed by atoms with Crippen LogP contribution in [0.15, 0.2) is 9.64 Å². The summed E-state index contributed by atoms with van der Waals surface area (Å²) in [7, 11) is 1.41. The van der Waals surface area contributed by atoms with Crippen LogP contribution in [0.3, 0.4) is 0 Å². The quantitative estimate of drug-likeness (QED) is 0.607. The molecule has 1 saturated heterocycles. The molecule has 1 aromatic rings. The highest BCUT2D eigenvalue weighted by atomic mass is 32.2. The zero-order chi connectivity index (χ0) is 16.8. The number of nitrogens with zero attached hydrogens (tertiary/aromatic N) is 3. The number of rotatable bonds is 4. The molecule has 0 aromatic carbocycles. The van der Waals surface area contributed by atoms with Crippen LogP contribution in [0.4, 0.5) is 0 Å². The van der Waals surface area contributed by atoms with E-state index in [4.69, 9.17) is 9.15 Å². The standard InChI is InChI=1S/C15H21N3O4S/c1-9-16-17-13(22-9)23-6-11(19)18-5-10-14(2,3)7-15(10,8-18)12(20)21-4/h10H,5-8H2,1-4H3/t10-,15+/m1/s1. The molecule has 2 heterocycles. The zero-order valence-electron chi connectivity index (χ0n) is 13.8. The highest BCUT2D eigenvalue weighted by molar-refractivity contribution is 7.99. The molecule has 0 bridgehead atoms. The molecule has 2 aliphatic rings. The normalized spacial score (nSPS) is 28.2. The monoisotopic (exact) mass is 339 g/mol. The van der Waals surface area contributed by atoms with Crippen LogP contribution in [-0.4, -0.2) is 52.9 Å². The maximum Gasteiger partial charge on any atom is 0.314 e. The maximum atomic E-state index is 12.5. The SMILES string of the molecule is COC(=O)[C@@]12CN(C(=O)CSc3nnc(C)o3)C[C@@H]1C(C)(C)C2. The average molecular weight is 339 g/mol. The predicted octanol–water partition coefficient (Wildman–Crippen LogP) is 1.52. The van der Waals surface area contributed by atoms with Crippen LogP contribution in [-0.2, 0) is 14.3 Å². The van der Waals surface area contributed by atoms with Crippen molar-refractivity contribution in [1.82, 2.24) is 15.1 Å². The van der Waals surface area contributed by atoms with Crippen molar-refractivity contribution in [2.24, 2.45) is 16.7 Å². The molecular weight excluding hydrogens is 318 g/mol. The molecule has 1 aliphatic carbocycles. The topological polar surface area (TPSA) is 85.5 Å². The number of hydrogen-bond acceptors (Lipinski definition) is 7. The van der Waals surface area contributed by atoms with Gasteiger partial charge in [-0.15, -0.1) is 10.2 Å². The van der Waals surface area contributed by atoms with E-state index in [1.165, 1.54) is 18.9 Å². The third-order valence-electron chi connectivity index (χ3n) is 5.03. The first-order chi connectivity index (χ1) is 10.8. The van der Waals surface area contributed by atoms with Crippen LogP contribution in [0, 0.1) is 23.7 Å². The van der Waals surface area contributed by atoms with Gasteiger partial charge in [0.15, 0.2) is 0 Å². The van der Waals surface area contributed by atoms with Crippen LogP contribution < -0.4 is 0 Å². The molecule has 0 radical (unpaired) electrons. The van der Waals surface area contributed by atoms with Crippen molar-refractivity contribution in [1.29, 1.82) is 0 Å². The minimum Gasteiger partial charge on any atom is -0.469 e. The minimum absolute atomic E-state index is 0.0145. The number of esters is 1. The number of carbonyl (C=O) groups excluding carboxylic acids is 2. The van der Waals surface area contributed by atoms with Crippen molar-refractivity contribution in [3.8, 4) is 0 Å². The number of ether oxygens (including phenoxy) is 1. The van der Waals surface area contributed by atoms with Crippen LogP contribution in [0.1, 0.15) is 26.2 Å². The highest BCUT2D eigenvalue weighted by Gasteiger charge is 2.67. The Morgan fingerprint density at radius 1 is 1.43 bits per heavy atom. The van der Waals surface area contributed by atoms with Gasteiger partial charge in [-0.25, -0.2) is 0 Å². The van der Waals surface area contributed by atoms with E-state index in [1.807, 2.05) is 0 Å². The second kappa shape index (κ2) is 5.51. The summed E-state index contributed by atoms with van der Waals surface area (Å²) in [6, 6.07) is 0. The second-order valence-electron chi connectivity index (χ2n) is 7.02. The molecule has 23 heavy (non-hydrogen) atoms. The Morgan fingerprint density at radius 3 is 2.74 bits per heavy atom. The van der Waals surface area contributed by atoms with E-state index in [-0.39, 0.29) is 29.0 Å². The number of aromatic nitrogens is 2. The van der Waals surface area contributed by atoms with Crippen molar-refractivity contribution in [2.45, 2.75) is 32.4 Å². The number of aryl methyl sites for hydroxylation is 1. The van der Waals surface area contributed by atoms with Gasteiger partial charge in [-0.3, -0.25) is 9.59 Å². The van der Waals surface area contributed by atoms with Crippen LogP contribution >= 0.6 is 11.8 Å². The molecule has 0 spiro atoms. The van der Waals surface area contributed by atoms with Gasteiger partial charge in [0.2, 0.25) is 11.8 Å². The summed E-state index contributed by atoms with van der Waals surface area (Å²) in [4.78, 5) is 26.5. The van der Waals surface area contributed by atoms with E-state index in [0.717, 1.165) is 6.42 Å². The number of hydrogen-bond donors (Lipinski definition) is 0. The van der Waals surface area contributed by atoms with Gasteiger partial charge in [0.25, 0.3) is 5.22 Å². The Bertz CT molecular complexity index is 644. The van der Waals surface area contributed by atoms with Crippen molar-refractivity contribution in [3.05, 3.63) is 5.89 Å². The van der Waals surface area contributed by atoms with E-state index in [1.54, 1.807) is 11.8 Å². The van der Waals surface area contributed by atoms with Gasteiger partial charge in [-0.05, 0) is 17.8 Å². The first-order valence-electron chi connectivity index (χ1n) is 7.57. The van der Waals surface area contributed by atoms with Crippen molar-refractivity contribution >= 4 is 23.6 Å². The molecule has 2 fully saturated rings. The highest BCUT2D eigenvalue weighted by Crippen LogP contribution is 2.63. The van der Waals surface area contributed by atoms with Crippen LogP contribution in [0.2, 0.25) is 0 Å². The van der Waals surface area contributed by atoms with Gasteiger partial charge in [0, 0.05) is 20.0 Å². The number of fused-ring (bicyclic) bond motifs is 1. The van der Waals surface area contributed by atoms with Crippen molar-refractivity contribution in [3.63, 3.8) is 0 Å². The summed E-state index contributed by atoms with van der Waals surface area (Å²) < 4.78 is 10.3. The van der Waals surface area contributed by atoms with Gasteiger partial charge in [-0.1, -0.05) is 25.6 Å². The first-order valence-corrected chi connectivity index (χ1v) is 8.56. The lowest BCUT2D eigenvalue weighted by atomic mass is 9.48. The predicted molar refractivity (Wildman–Crippen MR) is 82.7 cm³/mol. The van der Waals surface area contributed by atoms with Crippen molar-refractivity contribution in [2.75, 3.05) is 26.0 Å². The fourth-order valence-corrected chi connectivity index (χ4v) is 4.82. The van der Waals surface area contributed by atoms with E-state index in [2.05, 4.69) is 24.0 Å². The minimum atomic E-state index is -0.528. The van der Waals surface area contributed by atoms with E-state index in [9.17, 15) is 9.59 Å². The van der Waals surface area contributed by atoms with Crippen molar-refractivity contribution < 1.29 is 18.7 Å². The Labute approximate surface area is 139 Å². The summed E-state index contributed by atoms with van der Waals surface area (Å²) in [5.41, 5.74) is -0.473. The lowest BCUT2D eigenvalue weighted by Crippen LogP contribution is -2.57. The maximum absolute atomic E-state index is 12.5. The first kappa shape index (κ1) is 16.3. The van der Waals surface area contributed by atoms with Crippen LogP contribution in [0.5, 0.6) is 0 Å². The van der Waals surface area contributed by atoms with Gasteiger partial charge in [-0.2, -0.15) is 0 Å². The fourth-order valence-electron chi connectivity index (χ4n) is 4.11. The third-order valence-corrected chi connectivity index (χ3v) is 5.83. The van der Waals surface area contributed by atoms with Gasteiger partial charge >= 0.3 is 5.97 Å². The zero-order valence-corrected chi connectivity index (χ0v) is 14.6. The lowest BCUT2D eigenvalue weighted by molar-refractivity contribution is -0.174. The number of amides is 1. The van der Waals surface area contributed by atoms with E-state index >= 15 is 0 Å². The molecule has 2 atom stereocenters. The molecule has 1 aromatic heterocycles. The molecule has 1 amide bonds. The van der Waals surface area contributed by atoms with E-state index < -0.39 is 5.41 Å². The van der Waals surface area contributed by atoms with Gasteiger partial charge in [0.05, 0.1) is 18.3 Å². The van der Waals surface area contributed by atoms with E-state index in [0.29, 0.717) is 24.2 Å². The fraction of sp³-hybridized carbons (Fsp3) is 0.733.